The van der Waals surface area contributed by atoms with Gasteiger partial charge >= 0.3 is 0 Å². The van der Waals surface area contributed by atoms with Gasteiger partial charge in [0.25, 0.3) is 5.69 Å². The van der Waals surface area contributed by atoms with Crippen molar-refractivity contribution in [2.24, 2.45) is 0 Å². The summed E-state index contributed by atoms with van der Waals surface area (Å²) in [5, 5.41) is 18.7. The molecule has 0 aliphatic rings. The van der Waals surface area contributed by atoms with E-state index in [1.807, 2.05) is 18.2 Å². The van der Waals surface area contributed by atoms with Crippen molar-refractivity contribution in [2.75, 3.05) is 0 Å². The molecule has 0 saturated carbocycles. The fourth-order valence-corrected chi connectivity index (χ4v) is 1.94. The van der Waals surface area contributed by atoms with E-state index >= 15 is 0 Å². The molecule has 2 aromatic heterocycles. The van der Waals surface area contributed by atoms with Crippen LogP contribution in [0.3, 0.4) is 0 Å². The third-order valence-corrected chi connectivity index (χ3v) is 2.85. The number of nitro groups is 1. The number of fused-ring (bicyclic) bond motifs is 1. The molecule has 0 radical (unpaired) electrons. The number of hydrogen-bond acceptors (Lipinski definition) is 5. The van der Waals surface area contributed by atoms with Gasteiger partial charge in [0, 0.05) is 6.07 Å². The highest BCUT2D eigenvalue weighted by Crippen LogP contribution is 2.24. The largest absolute Gasteiger partial charge is 0.289 e. The van der Waals surface area contributed by atoms with Gasteiger partial charge in [-0.2, -0.15) is 4.68 Å². The zero-order valence-corrected chi connectivity index (χ0v) is 10.2. The van der Waals surface area contributed by atoms with Crippen molar-refractivity contribution < 1.29 is 4.92 Å². The lowest BCUT2D eigenvalue weighted by molar-refractivity contribution is -0.385. The topological polar surface area (TPSA) is 86.7 Å². The monoisotopic (exact) mass is 275 g/mol. The lowest BCUT2D eigenvalue weighted by atomic mass is 10.3. The number of halogens is 1. The molecule has 8 heteroatoms. The molecule has 0 bridgehead atoms. The number of hydrogen-bond donors (Lipinski definition) is 0. The van der Waals surface area contributed by atoms with Crippen LogP contribution in [0.5, 0.6) is 0 Å². The van der Waals surface area contributed by atoms with E-state index in [1.54, 1.807) is 6.07 Å². The summed E-state index contributed by atoms with van der Waals surface area (Å²) in [6, 6.07) is 8.53. The van der Waals surface area contributed by atoms with Crippen LogP contribution in [-0.4, -0.2) is 24.9 Å². The Morgan fingerprint density at radius 3 is 2.84 bits per heavy atom. The summed E-state index contributed by atoms with van der Waals surface area (Å²) in [5.74, 6) is 0.306. The maximum Gasteiger partial charge on any atom is 0.289 e. The standard InChI is InChI=1S/C11H6ClN5O2/c12-8-5-7(17(18)19)6-13-11(8)16-10-4-2-1-3-9(10)14-15-16/h1-6H. The second kappa shape index (κ2) is 4.29. The van der Waals surface area contributed by atoms with Crippen LogP contribution in [0.1, 0.15) is 0 Å². The highest BCUT2D eigenvalue weighted by atomic mass is 35.5. The highest BCUT2D eigenvalue weighted by molar-refractivity contribution is 6.32. The van der Waals surface area contributed by atoms with Gasteiger partial charge in [-0.15, -0.1) is 5.10 Å². The minimum atomic E-state index is -0.553. The van der Waals surface area contributed by atoms with Crippen molar-refractivity contribution in [1.82, 2.24) is 20.0 Å². The van der Waals surface area contributed by atoms with Crippen LogP contribution in [0.25, 0.3) is 16.9 Å². The Kier molecular flexibility index (Phi) is 2.60. The summed E-state index contributed by atoms with van der Waals surface area (Å²) in [4.78, 5) is 14.1. The lowest BCUT2D eigenvalue weighted by Gasteiger charge is -2.03. The van der Waals surface area contributed by atoms with Crippen LogP contribution in [0.4, 0.5) is 5.69 Å². The third kappa shape index (κ3) is 1.89. The van der Waals surface area contributed by atoms with E-state index in [2.05, 4.69) is 15.3 Å². The Balaban J connectivity index is 2.19. The van der Waals surface area contributed by atoms with E-state index in [0.717, 1.165) is 11.7 Å². The predicted molar refractivity (Wildman–Crippen MR) is 68.3 cm³/mol. The molecule has 0 unspecified atom stereocenters. The van der Waals surface area contributed by atoms with Gasteiger partial charge in [0.15, 0.2) is 5.82 Å². The Labute approximate surface area is 111 Å². The van der Waals surface area contributed by atoms with Gasteiger partial charge in [-0.3, -0.25) is 10.1 Å². The van der Waals surface area contributed by atoms with Gasteiger partial charge in [0.2, 0.25) is 0 Å². The number of rotatable bonds is 2. The third-order valence-electron chi connectivity index (χ3n) is 2.57. The molecule has 0 aliphatic heterocycles. The number of pyridine rings is 1. The van der Waals surface area contributed by atoms with Crippen LogP contribution >= 0.6 is 11.6 Å². The summed E-state index contributed by atoms with van der Waals surface area (Å²) >= 11 is 6.01. The molecule has 0 spiro atoms. The van der Waals surface area contributed by atoms with Gasteiger partial charge < -0.3 is 0 Å². The molecule has 94 valence electrons. The molecule has 0 N–H and O–H groups in total. The summed E-state index contributed by atoms with van der Waals surface area (Å²) < 4.78 is 1.45. The molecule has 0 aliphatic carbocycles. The normalized spacial score (nSPS) is 10.8. The maximum absolute atomic E-state index is 10.6. The Morgan fingerprint density at radius 2 is 2.11 bits per heavy atom. The van der Waals surface area contributed by atoms with Gasteiger partial charge in [0.05, 0.1) is 15.5 Å². The van der Waals surface area contributed by atoms with Gasteiger partial charge in [0.1, 0.15) is 11.7 Å². The number of para-hydroxylation sites is 1. The first-order valence-electron chi connectivity index (χ1n) is 5.27. The van der Waals surface area contributed by atoms with E-state index in [4.69, 9.17) is 11.6 Å². The Bertz CT molecular complexity index is 786. The minimum Gasteiger partial charge on any atom is -0.258 e. The van der Waals surface area contributed by atoms with Crippen molar-refractivity contribution in [2.45, 2.75) is 0 Å². The second-order valence-corrected chi connectivity index (χ2v) is 4.15. The molecule has 0 saturated heterocycles. The molecule has 0 amide bonds. The van der Waals surface area contributed by atoms with Gasteiger partial charge in [-0.05, 0) is 12.1 Å². The molecule has 1 aromatic carbocycles. The summed E-state index contributed by atoms with van der Waals surface area (Å²) in [6.45, 7) is 0. The molecule has 0 atom stereocenters. The maximum atomic E-state index is 10.6. The van der Waals surface area contributed by atoms with E-state index in [0.29, 0.717) is 11.3 Å². The SMILES string of the molecule is O=[N+]([O-])c1cnc(-n2nnc3ccccc32)c(Cl)c1. The molecule has 3 rings (SSSR count). The van der Waals surface area contributed by atoms with Crippen molar-refractivity contribution in [3.8, 4) is 5.82 Å². The van der Waals surface area contributed by atoms with E-state index in [9.17, 15) is 10.1 Å². The summed E-state index contributed by atoms with van der Waals surface area (Å²) in [5.41, 5.74) is 1.25. The molecular weight excluding hydrogens is 270 g/mol. The Hall–Kier alpha value is -2.54. The van der Waals surface area contributed by atoms with Gasteiger partial charge in [-0.25, -0.2) is 4.98 Å². The summed E-state index contributed by atoms with van der Waals surface area (Å²) in [6.07, 6.45) is 1.14. The van der Waals surface area contributed by atoms with Crippen LogP contribution in [0.2, 0.25) is 5.02 Å². The van der Waals surface area contributed by atoms with Gasteiger partial charge in [-0.1, -0.05) is 28.9 Å². The van der Waals surface area contributed by atoms with E-state index < -0.39 is 4.92 Å². The average Bonchev–Trinajstić information content (AvgIpc) is 2.82. The second-order valence-electron chi connectivity index (χ2n) is 3.75. The van der Waals surface area contributed by atoms with Crippen LogP contribution < -0.4 is 0 Å². The zero-order chi connectivity index (χ0) is 13.4. The molecule has 0 fully saturated rings. The highest BCUT2D eigenvalue weighted by Gasteiger charge is 2.15. The molecular formula is C11H6ClN5O2. The number of nitrogens with zero attached hydrogens (tertiary/aromatic N) is 5. The number of benzene rings is 1. The molecule has 2 heterocycles. The van der Waals surface area contributed by atoms with Crippen LogP contribution in [0.15, 0.2) is 36.5 Å². The Morgan fingerprint density at radius 1 is 1.32 bits per heavy atom. The minimum absolute atomic E-state index is 0.143. The quantitative estimate of drug-likeness (QED) is 0.529. The molecule has 19 heavy (non-hydrogen) atoms. The van der Waals surface area contributed by atoms with Crippen molar-refractivity contribution in [3.05, 3.63) is 51.7 Å². The average molecular weight is 276 g/mol. The molecule has 3 aromatic rings. The van der Waals surface area contributed by atoms with Crippen molar-refractivity contribution in [3.63, 3.8) is 0 Å². The zero-order valence-electron chi connectivity index (χ0n) is 9.39. The molecule has 7 nitrogen and oxygen atoms in total. The van der Waals surface area contributed by atoms with Crippen LogP contribution in [0, 0.1) is 10.1 Å². The predicted octanol–water partition coefficient (Wildman–Crippen LogP) is 2.38. The van der Waals surface area contributed by atoms with Crippen LogP contribution in [-0.2, 0) is 0 Å². The summed E-state index contributed by atoms with van der Waals surface area (Å²) in [7, 11) is 0. The fourth-order valence-electron chi connectivity index (χ4n) is 1.70. The first-order chi connectivity index (χ1) is 9.16. The fraction of sp³-hybridized carbons (Fsp3) is 0. The lowest BCUT2D eigenvalue weighted by Crippen LogP contribution is -2.01. The van der Waals surface area contributed by atoms with E-state index in [-0.39, 0.29) is 10.7 Å². The first kappa shape index (κ1) is 11.5. The van der Waals surface area contributed by atoms with Crippen molar-refractivity contribution in [1.29, 1.82) is 0 Å². The van der Waals surface area contributed by atoms with E-state index in [1.165, 1.54) is 10.7 Å². The van der Waals surface area contributed by atoms with Crippen molar-refractivity contribution >= 4 is 28.3 Å². The smallest absolute Gasteiger partial charge is 0.258 e. The first-order valence-corrected chi connectivity index (χ1v) is 5.65. The number of aromatic nitrogens is 4.